The standard InChI is InChI=1S/C24H29N5O2/c1-2-25-24(30)15-11-12-18-17(13-15)21-22(28-18)26-14-27-23(21)29-19-9-5-6-10-20(19)31-16-7-3-4-8-16/h5-6,9-10,14-16H,2-4,7-8,11-13H2,1H3,(H,25,30)(H2,26,27,28,29)/t15-/m0/s1. The fourth-order valence-electron chi connectivity index (χ4n) is 4.86. The molecule has 5 rings (SSSR count). The van der Waals surface area contributed by atoms with Gasteiger partial charge in [0.05, 0.1) is 17.2 Å². The van der Waals surface area contributed by atoms with Gasteiger partial charge >= 0.3 is 0 Å². The van der Waals surface area contributed by atoms with Gasteiger partial charge in [-0.2, -0.15) is 0 Å². The molecule has 31 heavy (non-hydrogen) atoms. The van der Waals surface area contributed by atoms with E-state index < -0.39 is 0 Å². The van der Waals surface area contributed by atoms with Crippen molar-refractivity contribution in [3.63, 3.8) is 0 Å². The van der Waals surface area contributed by atoms with Gasteiger partial charge in [-0.15, -0.1) is 0 Å². The molecule has 2 aliphatic carbocycles. The van der Waals surface area contributed by atoms with Crippen LogP contribution in [0.1, 0.15) is 50.3 Å². The summed E-state index contributed by atoms with van der Waals surface area (Å²) in [6.45, 7) is 2.61. The summed E-state index contributed by atoms with van der Waals surface area (Å²) in [5.41, 5.74) is 4.03. The predicted molar refractivity (Wildman–Crippen MR) is 121 cm³/mol. The van der Waals surface area contributed by atoms with E-state index in [-0.39, 0.29) is 17.9 Å². The normalized spacial score (nSPS) is 18.7. The molecule has 7 heteroatoms. The number of carbonyl (C=O) groups is 1. The number of carbonyl (C=O) groups excluding carboxylic acids is 1. The fraction of sp³-hybridized carbons (Fsp3) is 0.458. The smallest absolute Gasteiger partial charge is 0.223 e. The van der Waals surface area contributed by atoms with Gasteiger partial charge in [-0.1, -0.05) is 12.1 Å². The molecule has 2 aromatic heterocycles. The van der Waals surface area contributed by atoms with Crippen LogP contribution in [-0.4, -0.2) is 33.5 Å². The highest BCUT2D eigenvalue weighted by atomic mass is 16.5. The highest BCUT2D eigenvalue weighted by Crippen LogP contribution is 2.37. The van der Waals surface area contributed by atoms with Gasteiger partial charge in [0.2, 0.25) is 5.91 Å². The molecule has 1 aromatic carbocycles. The Morgan fingerprint density at radius 3 is 2.87 bits per heavy atom. The Balaban J connectivity index is 1.47. The maximum atomic E-state index is 12.5. The van der Waals surface area contributed by atoms with Gasteiger partial charge in [-0.05, 0) is 69.6 Å². The first-order chi connectivity index (χ1) is 15.2. The maximum Gasteiger partial charge on any atom is 0.223 e. The summed E-state index contributed by atoms with van der Waals surface area (Å²) < 4.78 is 6.29. The molecule has 0 saturated heterocycles. The number of fused-ring (bicyclic) bond motifs is 3. The second kappa shape index (κ2) is 8.57. The van der Waals surface area contributed by atoms with Gasteiger partial charge in [0.25, 0.3) is 0 Å². The first kappa shape index (κ1) is 19.8. The fourth-order valence-corrected chi connectivity index (χ4v) is 4.86. The van der Waals surface area contributed by atoms with E-state index in [9.17, 15) is 4.79 Å². The second-order valence-electron chi connectivity index (χ2n) is 8.51. The highest BCUT2D eigenvalue weighted by molar-refractivity contribution is 5.94. The zero-order chi connectivity index (χ0) is 21.2. The summed E-state index contributed by atoms with van der Waals surface area (Å²) in [5.74, 6) is 1.72. The lowest BCUT2D eigenvalue weighted by molar-refractivity contribution is -0.125. The number of para-hydroxylation sites is 2. The van der Waals surface area contributed by atoms with Crippen LogP contribution in [0.2, 0.25) is 0 Å². The van der Waals surface area contributed by atoms with Crippen LogP contribution in [0.4, 0.5) is 11.5 Å². The molecule has 3 aromatic rings. The van der Waals surface area contributed by atoms with Crippen LogP contribution in [0.5, 0.6) is 5.75 Å². The monoisotopic (exact) mass is 419 g/mol. The van der Waals surface area contributed by atoms with Crippen LogP contribution in [0.25, 0.3) is 11.0 Å². The van der Waals surface area contributed by atoms with Crippen molar-refractivity contribution in [2.45, 2.75) is 58.0 Å². The predicted octanol–water partition coefficient (Wildman–Crippen LogP) is 4.26. The number of anilines is 2. The van der Waals surface area contributed by atoms with Gasteiger partial charge in [-0.25, -0.2) is 9.97 Å². The molecule has 2 aliphatic rings. The lowest BCUT2D eigenvalue weighted by Gasteiger charge is -2.22. The average molecular weight is 420 g/mol. The molecule has 7 nitrogen and oxygen atoms in total. The van der Waals surface area contributed by atoms with Crippen molar-refractivity contribution in [3.05, 3.63) is 41.9 Å². The van der Waals surface area contributed by atoms with Crippen molar-refractivity contribution in [2.24, 2.45) is 5.92 Å². The first-order valence-corrected chi connectivity index (χ1v) is 11.4. The molecule has 1 amide bonds. The van der Waals surface area contributed by atoms with Crippen molar-refractivity contribution < 1.29 is 9.53 Å². The largest absolute Gasteiger partial charge is 0.488 e. The highest BCUT2D eigenvalue weighted by Gasteiger charge is 2.29. The van der Waals surface area contributed by atoms with Crippen molar-refractivity contribution >= 4 is 28.4 Å². The third kappa shape index (κ3) is 3.96. The molecule has 0 unspecified atom stereocenters. The molecule has 162 valence electrons. The maximum absolute atomic E-state index is 12.5. The number of nitrogens with one attached hydrogen (secondary N) is 3. The summed E-state index contributed by atoms with van der Waals surface area (Å²) in [4.78, 5) is 24.9. The van der Waals surface area contributed by atoms with Crippen molar-refractivity contribution in [1.29, 1.82) is 0 Å². The third-order valence-electron chi connectivity index (χ3n) is 6.43. The number of aromatic amines is 1. The molecule has 0 spiro atoms. The molecule has 2 heterocycles. The molecular weight excluding hydrogens is 390 g/mol. The Morgan fingerprint density at radius 2 is 2.03 bits per heavy atom. The van der Waals surface area contributed by atoms with E-state index in [4.69, 9.17) is 4.74 Å². The van der Waals surface area contributed by atoms with E-state index in [1.807, 2.05) is 31.2 Å². The van der Waals surface area contributed by atoms with Gasteiger partial charge in [0.1, 0.15) is 23.5 Å². The quantitative estimate of drug-likeness (QED) is 0.555. The molecule has 1 saturated carbocycles. The summed E-state index contributed by atoms with van der Waals surface area (Å²) in [5, 5.41) is 7.44. The number of benzene rings is 1. The van der Waals surface area contributed by atoms with Crippen LogP contribution in [-0.2, 0) is 17.6 Å². The van der Waals surface area contributed by atoms with E-state index in [2.05, 4.69) is 25.6 Å². The molecule has 0 bridgehead atoms. The van der Waals surface area contributed by atoms with Crippen LogP contribution in [0, 0.1) is 5.92 Å². The van der Waals surface area contributed by atoms with Gasteiger partial charge < -0.3 is 20.4 Å². The molecular formula is C24H29N5O2. The summed E-state index contributed by atoms with van der Waals surface area (Å²) in [7, 11) is 0. The minimum absolute atomic E-state index is 0.0162. The number of hydrogen-bond acceptors (Lipinski definition) is 5. The average Bonchev–Trinajstić information content (AvgIpc) is 3.42. The van der Waals surface area contributed by atoms with Crippen LogP contribution in [0.15, 0.2) is 30.6 Å². The first-order valence-electron chi connectivity index (χ1n) is 11.4. The van der Waals surface area contributed by atoms with E-state index in [0.29, 0.717) is 13.0 Å². The number of rotatable bonds is 6. The summed E-state index contributed by atoms with van der Waals surface area (Å²) in [6, 6.07) is 8.03. The Labute approximate surface area is 182 Å². The molecule has 0 aliphatic heterocycles. The number of aryl methyl sites for hydroxylation is 1. The molecule has 0 radical (unpaired) electrons. The van der Waals surface area contributed by atoms with Gasteiger partial charge in [-0.3, -0.25) is 4.79 Å². The Hall–Kier alpha value is -3.09. The summed E-state index contributed by atoms with van der Waals surface area (Å²) in [6.07, 6.45) is 8.93. The zero-order valence-corrected chi connectivity index (χ0v) is 17.9. The summed E-state index contributed by atoms with van der Waals surface area (Å²) >= 11 is 0. The third-order valence-corrected chi connectivity index (χ3v) is 6.43. The second-order valence-corrected chi connectivity index (χ2v) is 8.51. The lowest BCUT2D eigenvalue weighted by atomic mass is 9.86. The molecule has 1 atom stereocenters. The Bertz CT molecular complexity index is 1090. The Morgan fingerprint density at radius 1 is 1.19 bits per heavy atom. The topological polar surface area (TPSA) is 91.9 Å². The van der Waals surface area contributed by atoms with Crippen LogP contribution >= 0.6 is 0 Å². The number of H-pyrrole nitrogens is 1. The van der Waals surface area contributed by atoms with Gasteiger partial charge in [0, 0.05) is 18.2 Å². The minimum atomic E-state index is -0.0162. The Kier molecular flexibility index (Phi) is 5.49. The minimum Gasteiger partial charge on any atom is -0.488 e. The van der Waals surface area contributed by atoms with Gasteiger partial charge in [0.15, 0.2) is 0 Å². The van der Waals surface area contributed by atoms with Crippen molar-refractivity contribution in [1.82, 2.24) is 20.3 Å². The lowest BCUT2D eigenvalue weighted by Crippen LogP contribution is -2.33. The van der Waals surface area contributed by atoms with Crippen molar-refractivity contribution in [2.75, 3.05) is 11.9 Å². The molecule has 1 fully saturated rings. The molecule has 3 N–H and O–H groups in total. The number of aromatic nitrogens is 3. The van der Waals surface area contributed by atoms with Crippen molar-refractivity contribution in [3.8, 4) is 5.75 Å². The van der Waals surface area contributed by atoms with E-state index >= 15 is 0 Å². The SMILES string of the molecule is CCNC(=O)[C@H]1CCc2[nH]c3ncnc(Nc4ccccc4OC4CCCC4)c3c2C1. The van der Waals surface area contributed by atoms with E-state index in [0.717, 1.165) is 65.2 Å². The van der Waals surface area contributed by atoms with Crippen LogP contribution in [0.3, 0.4) is 0 Å². The van der Waals surface area contributed by atoms with E-state index in [1.165, 1.54) is 12.8 Å². The number of amides is 1. The number of ether oxygens (including phenoxy) is 1. The zero-order valence-electron chi connectivity index (χ0n) is 17.9. The number of nitrogens with zero attached hydrogens (tertiary/aromatic N) is 2. The van der Waals surface area contributed by atoms with E-state index in [1.54, 1.807) is 6.33 Å². The number of hydrogen-bond donors (Lipinski definition) is 3. The van der Waals surface area contributed by atoms with Crippen LogP contribution < -0.4 is 15.4 Å².